The van der Waals surface area contributed by atoms with Gasteiger partial charge in [-0.25, -0.2) is 9.97 Å². The molecule has 3 fully saturated rings. The number of aromatic amines is 2. The fourth-order valence-corrected chi connectivity index (χ4v) is 7.21. The van der Waals surface area contributed by atoms with E-state index < -0.39 is 12.5 Å². The van der Waals surface area contributed by atoms with Crippen molar-refractivity contribution in [3.63, 3.8) is 0 Å². The molecule has 0 bridgehead atoms. The largest absolute Gasteiger partial charge is 0.346 e. The summed E-state index contributed by atoms with van der Waals surface area (Å²) in [4.78, 5) is 46.9. The Morgan fingerprint density at radius 2 is 1.27 bits per heavy atom. The number of nitrogens with one attached hydrogen (secondary N) is 3. The Kier molecular flexibility index (Phi) is 9.66. The Balaban J connectivity index is 0.999. The van der Waals surface area contributed by atoms with Gasteiger partial charge in [0.25, 0.3) is 0 Å². The molecule has 258 valence electrons. The Hall–Kier alpha value is -4.32. The van der Waals surface area contributed by atoms with Crippen LogP contribution in [0.2, 0.25) is 0 Å². The normalized spacial score (nSPS) is 20.4. The van der Waals surface area contributed by atoms with Crippen molar-refractivity contribution in [3.05, 3.63) is 72.6 Å². The number of imidazole rings is 2. The number of ether oxygens (including phenoxy) is 2. The molecule has 3 aliphatic rings. The predicted molar refractivity (Wildman–Crippen MR) is 186 cm³/mol. The summed E-state index contributed by atoms with van der Waals surface area (Å²) in [6.07, 6.45) is 7.65. The summed E-state index contributed by atoms with van der Waals surface area (Å²) in [5.74, 6) is 2.36. The number of rotatable bonds is 11. The van der Waals surface area contributed by atoms with Gasteiger partial charge in [0, 0.05) is 43.0 Å². The van der Waals surface area contributed by atoms with Crippen LogP contribution in [0.25, 0.3) is 33.6 Å². The first-order valence-corrected chi connectivity index (χ1v) is 17.7. The topological polar surface area (TPSA) is 128 Å². The molecule has 2 aromatic carbocycles. The van der Waals surface area contributed by atoms with Crippen molar-refractivity contribution in [1.29, 1.82) is 0 Å². The fraction of sp³-hybridized carbons (Fsp3) is 0.474. The average Bonchev–Trinajstić information content (AvgIpc) is 3.90. The Morgan fingerprint density at radius 3 is 1.73 bits per heavy atom. The van der Waals surface area contributed by atoms with Crippen LogP contribution in [0.5, 0.6) is 0 Å². The number of aromatic nitrogens is 4. The van der Waals surface area contributed by atoms with E-state index in [-0.39, 0.29) is 36.6 Å². The molecule has 11 heteroatoms. The summed E-state index contributed by atoms with van der Waals surface area (Å²) in [6, 6.07) is 16.4. The lowest BCUT2D eigenvalue weighted by atomic mass is 10.0. The van der Waals surface area contributed by atoms with E-state index in [9.17, 15) is 9.59 Å². The average molecular weight is 666 g/mol. The Bertz CT molecular complexity index is 1740. The van der Waals surface area contributed by atoms with Crippen LogP contribution in [-0.2, 0) is 19.1 Å². The van der Waals surface area contributed by atoms with Crippen molar-refractivity contribution in [1.82, 2.24) is 35.1 Å². The summed E-state index contributed by atoms with van der Waals surface area (Å²) >= 11 is 0. The minimum absolute atomic E-state index is 0.0187. The first-order valence-electron chi connectivity index (χ1n) is 17.7. The van der Waals surface area contributed by atoms with Crippen LogP contribution in [-0.4, -0.2) is 73.9 Å². The maximum Gasteiger partial charge on any atom is 0.240 e. The fourth-order valence-electron chi connectivity index (χ4n) is 7.21. The number of hydrogen-bond donors (Lipinski definition) is 3. The van der Waals surface area contributed by atoms with Crippen LogP contribution >= 0.6 is 0 Å². The lowest BCUT2D eigenvalue weighted by molar-refractivity contribution is -0.335. The molecule has 0 saturated carbocycles. The van der Waals surface area contributed by atoms with Crippen LogP contribution in [0.1, 0.15) is 83.5 Å². The van der Waals surface area contributed by atoms with Gasteiger partial charge in [0.1, 0.15) is 11.6 Å². The molecule has 2 amide bonds. The number of amides is 2. The van der Waals surface area contributed by atoms with Crippen LogP contribution in [0.15, 0.2) is 60.9 Å². The summed E-state index contributed by atoms with van der Waals surface area (Å²) in [5, 5.41) is 3.20. The van der Waals surface area contributed by atoms with Gasteiger partial charge in [-0.2, -0.15) is 0 Å². The highest BCUT2D eigenvalue weighted by Crippen LogP contribution is 2.35. The highest BCUT2D eigenvalue weighted by molar-refractivity contribution is 5.83. The van der Waals surface area contributed by atoms with Gasteiger partial charge in [0.15, 0.2) is 6.79 Å². The standard InChI is InChI=1S/C38H47N7O4/c1-23(2)19-33(46)44-17-5-7-31(44)35-39-20-29(41-35)27-13-9-25(10-14-27)26-11-15-28(16-12-26)30-21-40-36(42-30)32-8-6-18-45(32)37(47)34(24(3)4)43-38-48-22-49-38/h9-16,20-21,23-24,31-32,34,38,43H,5-8,17-19,22H2,1-4H3,(H,39,41)(H,40,42)/t31-,32-,34-/m0/s1. The predicted octanol–water partition coefficient (Wildman–Crippen LogP) is 6.41. The van der Waals surface area contributed by atoms with Crippen LogP contribution < -0.4 is 5.32 Å². The van der Waals surface area contributed by atoms with E-state index >= 15 is 0 Å². The van der Waals surface area contributed by atoms with E-state index in [4.69, 9.17) is 19.4 Å². The zero-order valence-electron chi connectivity index (χ0n) is 28.8. The van der Waals surface area contributed by atoms with Gasteiger partial charge in [0.2, 0.25) is 18.2 Å². The van der Waals surface area contributed by atoms with Crippen molar-refractivity contribution in [3.8, 4) is 33.6 Å². The molecule has 3 saturated heterocycles. The third kappa shape index (κ3) is 7.06. The van der Waals surface area contributed by atoms with Gasteiger partial charge in [-0.05, 0) is 48.6 Å². The summed E-state index contributed by atoms with van der Waals surface area (Å²) < 4.78 is 10.7. The van der Waals surface area contributed by atoms with Crippen LogP contribution in [0.3, 0.4) is 0 Å². The molecule has 3 atom stereocenters. The van der Waals surface area contributed by atoms with E-state index in [1.807, 2.05) is 36.0 Å². The molecule has 7 rings (SSSR count). The first-order chi connectivity index (χ1) is 23.7. The second-order valence-corrected chi connectivity index (χ2v) is 14.2. The van der Waals surface area contributed by atoms with Gasteiger partial charge in [0.05, 0.1) is 29.5 Å². The van der Waals surface area contributed by atoms with E-state index in [2.05, 4.69) is 77.7 Å². The van der Waals surface area contributed by atoms with E-state index in [0.717, 1.165) is 77.5 Å². The molecule has 2 aromatic heterocycles. The van der Waals surface area contributed by atoms with Gasteiger partial charge < -0.3 is 29.2 Å². The monoisotopic (exact) mass is 665 g/mol. The second-order valence-electron chi connectivity index (χ2n) is 14.2. The van der Waals surface area contributed by atoms with Crippen LogP contribution in [0, 0.1) is 11.8 Å². The van der Waals surface area contributed by atoms with E-state index in [0.29, 0.717) is 18.9 Å². The number of carbonyl (C=O) groups is 2. The number of hydrogen-bond acceptors (Lipinski definition) is 7. The maximum atomic E-state index is 13.6. The molecule has 0 unspecified atom stereocenters. The number of H-pyrrole nitrogens is 2. The molecule has 4 aromatic rings. The molecular weight excluding hydrogens is 618 g/mol. The number of benzene rings is 2. The molecule has 0 radical (unpaired) electrons. The molecule has 3 aliphatic heterocycles. The minimum Gasteiger partial charge on any atom is -0.346 e. The highest BCUT2D eigenvalue weighted by atomic mass is 16.9. The molecule has 11 nitrogen and oxygen atoms in total. The molecular formula is C38H47N7O4. The third-order valence-corrected chi connectivity index (χ3v) is 9.90. The summed E-state index contributed by atoms with van der Waals surface area (Å²) in [5.41, 5.74) is 6.00. The number of nitrogens with zero attached hydrogens (tertiary/aromatic N) is 4. The zero-order chi connectivity index (χ0) is 34.1. The van der Waals surface area contributed by atoms with E-state index in [1.165, 1.54) is 0 Å². The Morgan fingerprint density at radius 1 is 0.776 bits per heavy atom. The SMILES string of the molecule is CC(C)CC(=O)N1CCC[C@H]1c1nc(-c2ccc(-c3ccc(-c4c[nH]c([C@@H]5CCCN5C(=O)[C@@H](NC5OCO5)C(C)C)n4)cc3)cc2)c[nH]1. The van der Waals surface area contributed by atoms with Gasteiger partial charge >= 0.3 is 0 Å². The lowest BCUT2D eigenvalue weighted by Gasteiger charge is -2.35. The van der Waals surface area contributed by atoms with Crippen molar-refractivity contribution >= 4 is 11.8 Å². The lowest BCUT2D eigenvalue weighted by Crippen LogP contribution is -2.56. The van der Waals surface area contributed by atoms with E-state index in [1.54, 1.807) is 0 Å². The smallest absolute Gasteiger partial charge is 0.240 e. The number of carbonyl (C=O) groups excluding carboxylic acids is 2. The second kappa shape index (κ2) is 14.3. The third-order valence-electron chi connectivity index (χ3n) is 9.90. The quantitative estimate of drug-likeness (QED) is 0.169. The van der Waals surface area contributed by atoms with Crippen molar-refractivity contribution in [2.75, 3.05) is 19.9 Å². The zero-order valence-corrected chi connectivity index (χ0v) is 28.8. The summed E-state index contributed by atoms with van der Waals surface area (Å²) in [7, 11) is 0. The number of likely N-dealkylation sites (tertiary alicyclic amines) is 2. The minimum atomic E-state index is -0.528. The van der Waals surface area contributed by atoms with Crippen molar-refractivity contribution in [2.24, 2.45) is 11.8 Å². The van der Waals surface area contributed by atoms with Crippen molar-refractivity contribution < 1.29 is 19.1 Å². The van der Waals surface area contributed by atoms with Gasteiger partial charge in [-0.1, -0.05) is 76.2 Å². The first kappa shape index (κ1) is 33.2. The molecule has 0 aliphatic carbocycles. The molecule has 49 heavy (non-hydrogen) atoms. The molecule has 5 heterocycles. The molecule has 3 N–H and O–H groups in total. The Labute approximate surface area is 287 Å². The van der Waals surface area contributed by atoms with Crippen LogP contribution in [0.4, 0.5) is 0 Å². The van der Waals surface area contributed by atoms with Gasteiger partial charge in [-0.3, -0.25) is 14.9 Å². The maximum absolute atomic E-state index is 13.6. The molecule has 0 spiro atoms. The van der Waals surface area contributed by atoms with Gasteiger partial charge in [-0.15, -0.1) is 0 Å². The highest BCUT2D eigenvalue weighted by Gasteiger charge is 2.38. The summed E-state index contributed by atoms with van der Waals surface area (Å²) in [6.45, 7) is 9.97. The van der Waals surface area contributed by atoms with Crippen molar-refractivity contribution in [2.45, 2.75) is 84.3 Å².